The third kappa shape index (κ3) is 5.63. The summed E-state index contributed by atoms with van der Waals surface area (Å²) < 4.78 is 12.7. The van der Waals surface area contributed by atoms with Crippen LogP contribution in [0.4, 0.5) is 4.79 Å². The molecule has 1 fully saturated rings. The van der Waals surface area contributed by atoms with Gasteiger partial charge in [-0.2, -0.15) is 0 Å². The summed E-state index contributed by atoms with van der Waals surface area (Å²) >= 11 is 11.4. The Hall–Kier alpha value is -0.280. The molecule has 0 unspecified atom stereocenters. The second-order valence-corrected chi connectivity index (χ2v) is 8.68. The summed E-state index contributed by atoms with van der Waals surface area (Å²) in [5, 5.41) is 0.415. The molecule has 0 spiro atoms. The van der Waals surface area contributed by atoms with Gasteiger partial charge in [0, 0.05) is 25.1 Å². The third-order valence-electron chi connectivity index (χ3n) is 3.27. The number of hydrogen-bond acceptors (Lipinski definition) is 4. The van der Waals surface area contributed by atoms with Crippen molar-refractivity contribution in [1.29, 1.82) is 0 Å². The number of carbonyl (C=O) groups is 1. The van der Waals surface area contributed by atoms with Crippen LogP contribution in [0.5, 0.6) is 5.75 Å². The van der Waals surface area contributed by atoms with E-state index in [-0.39, 0.29) is 12.0 Å². The quantitative estimate of drug-likeness (QED) is 0.430. The highest BCUT2D eigenvalue weighted by Crippen LogP contribution is 2.30. The Morgan fingerprint density at radius 1 is 1.57 bits per heavy atom. The first-order valence-corrected chi connectivity index (χ1v) is 9.53. The molecular weight excluding hydrogens is 498 g/mol. The molecule has 1 aromatic heterocycles. The second-order valence-electron chi connectivity index (χ2n) is 6.44. The second kappa shape index (κ2) is 7.74. The molecule has 0 bridgehead atoms. The molecule has 0 N–H and O–H groups in total. The van der Waals surface area contributed by atoms with Crippen LogP contribution in [0.2, 0.25) is 5.15 Å². The lowest BCUT2D eigenvalue weighted by Crippen LogP contribution is -2.35. The van der Waals surface area contributed by atoms with Crippen molar-refractivity contribution in [3.63, 3.8) is 0 Å². The smallest absolute Gasteiger partial charge is 0.410 e. The minimum absolute atomic E-state index is 0.259. The van der Waals surface area contributed by atoms with Crippen molar-refractivity contribution < 1.29 is 14.3 Å². The third-order valence-corrected chi connectivity index (χ3v) is 5.16. The van der Waals surface area contributed by atoms with E-state index in [1.54, 1.807) is 4.90 Å². The molecule has 0 aromatic carbocycles. The first-order valence-electron chi connectivity index (χ1n) is 7.28. The van der Waals surface area contributed by atoms with Crippen molar-refractivity contribution in [2.45, 2.75) is 32.8 Å². The van der Waals surface area contributed by atoms with Crippen LogP contribution in [0.3, 0.4) is 0 Å². The largest absolute Gasteiger partial charge is 0.490 e. The average molecular weight is 518 g/mol. The lowest BCUT2D eigenvalue weighted by atomic mass is 10.1. The first-order chi connectivity index (χ1) is 10.7. The van der Waals surface area contributed by atoms with Gasteiger partial charge in [0.1, 0.15) is 14.5 Å². The topological polar surface area (TPSA) is 51.7 Å². The summed E-state index contributed by atoms with van der Waals surface area (Å²) in [6, 6.07) is 1.82. The average Bonchev–Trinajstić information content (AvgIpc) is 2.88. The number of amides is 1. The summed E-state index contributed by atoms with van der Waals surface area (Å²) in [7, 11) is 0. The predicted molar refractivity (Wildman–Crippen MR) is 101 cm³/mol. The molecule has 23 heavy (non-hydrogen) atoms. The maximum Gasteiger partial charge on any atom is 0.410 e. The van der Waals surface area contributed by atoms with Crippen LogP contribution in [0.15, 0.2) is 10.5 Å². The molecule has 5 nitrogen and oxygen atoms in total. The molecule has 1 aliphatic rings. The monoisotopic (exact) mass is 516 g/mol. The van der Waals surface area contributed by atoms with Crippen molar-refractivity contribution in [3.8, 4) is 5.75 Å². The molecule has 2 heterocycles. The van der Waals surface area contributed by atoms with E-state index in [0.717, 1.165) is 10.1 Å². The van der Waals surface area contributed by atoms with Crippen molar-refractivity contribution in [3.05, 3.63) is 19.4 Å². The Balaban J connectivity index is 1.87. The normalized spacial score (nSPS) is 18.2. The lowest BCUT2D eigenvalue weighted by molar-refractivity contribution is 0.0284. The summed E-state index contributed by atoms with van der Waals surface area (Å²) in [4.78, 5) is 18.0. The van der Waals surface area contributed by atoms with Gasteiger partial charge < -0.3 is 14.4 Å². The number of aromatic nitrogens is 1. The fourth-order valence-corrected chi connectivity index (χ4v) is 3.33. The van der Waals surface area contributed by atoms with Gasteiger partial charge in [-0.15, -0.1) is 0 Å². The predicted octanol–water partition coefficient (Wildman–Crippen LogP) is 4.74. The highest BCUT2D eigenvalue weighted by molar-refractivity contribution is 14.1. The number of ether oxygens (including phenoxy) is 2. The van der Waals surface area contributed by atoms with E-state index >= 15 is 0 Å². The molecule has 2 rings (SSSR count). The van der Waals surface area contributed by atoms with Crippen LogP contribution >= 0.6 is 50.1 Å². The molecular formula is C15H19BrClIN2O3. The Morgan fingerprint density at radius 3 is 2.91 bits per heavy atom. The molecule has 1 aromatic rings. The first kappa shape index (κ1) is 19.1. The number of likely N-dealkylation sites (tertiary alicyclic amines) is 1. The number of pyridine rings is 1. The van der Waals surface area contributed by atoms with Crippen LogP contribution < -0.4 is 4.74 Å². The Bertz CT molecular complexity index is 595. The Morgan fingerprint density at radius 2 is 2.26 bits per heavy atom. The standard InChI is InChI=1S/C15H19BrClIN2O3/c1-15(2,3)23-14(21)20-5-4-9(7-20)8-22-11-6-10(16)12(17)19-13(11)18/h6,9H,4-5,7-8H2,1-3H3/t9-/m1/s1. The highest BCUT2D eigenvalue weighted by atomic mass is 127. The Labute approximate surface area is 163 Å². The van der Waals surface area contributed by atoms with Gasteiger partial charge in [0.15, 0.2) is 5.75 Å². The van der Waals surface area contributed by atoms with Crippen LogP contribution in [0.25, 0.3) is 0 Å². The van der Waals surface area contributed by atoms with Gasteiger partial charge in [0.25, 0.3) is 0 Å². The molecule has 0 aliphatic carbocycles. The van der Waals surface area contributed by atoms with E-state index in [9.17, 15) is 4.79 Å². The van der Waals surface area contributed by atoms with Gasteiger partial charge in [-0.05, 0) is 65.7 Å². The number of rotatable bonds is 3. The van der Waals surface area contributed by atoms with Gasteiger partial charge in [-0.3, -0.25) is 0 Å². The number of halogens is 3. The van der Waals surface area contributed by atoms with E-state index < -0.39 is 5.60 Å². The van der Waals surface area contributed by atoms with Crippen molar-refractivity contribution in [1.82, 2.24) is 9.88 Å². The zero-order valence-electron chi connectivity index (χ0n) is 13.2. The van der Waals surface area contributed by atoms with Crippen LogP contribution in [0.1, 0.15) is 27.2 Å². The molecule has 1 atom stereocenters. The number of hydrogen-bond donors (Lipinski definition) is 0. The van der Waals surface area contributed by atoms with Crippen LogP contribution in [-0.4, -0.2) is 41.3 Å². The molecule has 128 valence electrons. The summed E-state index contributed by atoms with van der Waals surface area (Å²) in [6.07, 6.45) is 0.642. The maximum atomic E-state index is 12.0. The summed E-state index contributed by atoms with van der Waals surface area (Å²) in [5.74, 6) is 0.977. The minimum Gasteiger partial charge on any atom is -0.490 e. The van der Waals surface area contributed by atoms with Gasteiger partial charge in [-0.25, -0.2) is 9.78 Å². The lowest BCUT2D eigenvalue weighted by Gasteiger charge is -2.24. The molecule has 1 saturated heterocycles. The zero-order valence-corrected chi connectivity index (χ0v) is 17.7. The summed E-state index contributed by atoms with van der Waals surface area (Å²) in [6.45, 7) is 7.49. The van der Waals surface area contributed by atoms with Crippen molar-refractivity contribution in [2.75, 3.05) is 19.7 Å². The van der Waals surface area contributed by atoms with Gasteiger partial charge in [0.2, 0.25) is 0 Å². The van der Waals surface area contributed by atoms with Crippen molar-refractivity contribution in [2.24, 2.45) is 5.92 Å². The minimum atomic E-state index is -0.469. The van der Waals surface area contributed by atoms with Crippen LogP contribution in [0, 0.1) is 9.62 Å². The van der Waals surface area contributed by atoms with E-state index in [4.69, 9.17) is 21.1 Å². The van der Waals surface area contributed by atoms with Gasteiger partial charge in [-0.1, -0.05) is 11.6 Å². The van der Waals surface area contributed by atoms with E-state index in [0.29, 0.717) is 35.1 Å². The summed E-state index contributed by atoms with van der Waals surface area (Å²) in [5.41, 5.74) is -0.469. The molecule has 1 aliphatic heterocycles. The van der Waals surface area contributed by atoms with E-state index in [2.05, 4.69) is 43.5 Å². The molecule has 8 heteroatoms. The van der Waals surface area contributed by atoms with E-state index in [1.165, 1.54) is 0 Å². The van der Waals surface area contributed by atoms with Gasteiger partial charge >= 0.3 is 6.09 Å². The zero-order chi connectivity index (χ0) is 17.2. The molecule has 1 amide bonds. The fraction of sp³-hybridized carbons (Fsp3) is 0.600. The maximum absolute atomic E-state index is 12.0. The SMILES string of the molecule is CC(C)(C)OC(=O)N1CC[C@@H](COc2cc(Br)c(Cl)nc2I)C1. The highest BCUT2D eigenvalue weighted by Gasteiger charge is 2.30. The number of nitrogens with zero attached hydrogens (tertiary/aromatic N) is 2. The molecule has 0 saturated carbocycles. The fourth-order valence-electron chi connectivity index (χ4n) is 2.20. The van der Waals surface area contributed by atoms with E-state index in [1.807, 2.05) is 26.8 Å². The van der Waals surface area contributed by atoms with Crippen LogP contribution in [-0.2, 0) is 4.74 Å². The molecule has 0 radical (unpaired) electrons. The van der Waals surface area contributed by atoms with Crippen molar-refractivity contribution >= 4 is 56.2 Å². The number of carbonyl (C=O) groups excluding carboxylic acids is 1. The Kier molecular flexibility index (Phi) is 6.41. The van der Waals surface area contributed by atoms with Gasteiger partial charge in [0.05, 0.1) is 11.1 Å².